The molecular formula is C8H8FN3O2S. The van der Waals surface area contributed by atoms with Crippen molar-refractivity contribution in [1.82, 2.24) is 0 Å². The molecule has 0 atom stereocenters. The molecule has 0 bridgehead atoms. The summed E-state index contributed by atoms with van der Waals surface area (Å²) in [5, 5.41) is 17.4. The van der Waals surface area contributed by atoms with Gasteiger partial charge < -0.3 is 5.73 Å². The van der Waals surface area contributed by atoms with E-state index in [0.717, 1.165) is 30.0 Å². The first-order valence-electron chi connectivity index (χ1n) is 3.90. The Morgan fingerprint density at radius 2 is 2.33 bits per heavy atom. The molecule has 0 amide bonds. The third-order valence-electron chi connectivity index (χ3n) is 1.62. The lowest BCUT2D eigenvalue weighted by Gasteiger charge is -2.01. The number of halogens is 1. The molecule has 0 saturated carbocycles. The minimum absolute atomic E-state index is 0.114. The fourth-order valence-corrected chi connectivity index (χ4v) is 1.55. The zero-order valence-corrected chi connectivity index (χ0v) is 8.38. The highest BCUT2D eigenvalue weighted by atomic mass is 32.2. The van der Waals surface area contributed by atoms with Crippen molar-refractivity contribution < 1.29 is 9.31 Å². The number of nitro groups is 1. The zero-order chi connectivity index (χ0) is 11.4. The van der Waals surface area contributed by atoms with Crippen LogP contribution in [0.25, 0.3) is 0 Å². The smallest absolute Gasteiger partial charge is 0.273 e. The fraction of sp³-hybridized carbons (Fsp3) is 0.125. The second-order valence-electron chi connectivity index (χ2n) is 2.68. The Balaban J connectivity index is 2.96. The van der Waals surface area contributed by atoms with Crippen molar-refractivity contribution >= 4 is 22.6 Å². The van der Waals surface area contributed by atoms with E-state index in [4.69, 9.17) is 11.1 Å². The van der Waals surface area contributed by atoms with E-state index in [1.165, 1.54) is 0 Å². The zero-order valence-electron chi connectivity index (χ0n) is 7.57. The van der Waals surface area contributed by atoms with E-state index in [9.17, 15) is 14.5 Å². The summed E-state index contributed by atoms with van der Waals surface area (Å²) in [7, 11) is 0. The molecule has 7 heteroatoms. The molecule has 5 nitrogen and oxygen atoms in total. The van der Waals surface area contributed by atoms with E-state index in [1.54, 1.807) is 0 Å². The molecule has 0 aliphatic heterocycles. The van der Waals surface area contributed by atoms with Crippen molar-refractivity contribution in [1.29, 1.82) is 5.41 Å². The van der Waals surface area contributed by atoms with E-state index < -0.39 is 10.7 Å². The summed E-state index contributed by atoms with van der Waals surface area (Å²) < 4.78 is 12.8. The van der Waals surface area contributed by atoms with Crippen molar-refractivity contribution in [3.63, 3.8) is 0 Å². The number of benzene rings is 1. The number of amidine groups is 1. The van der Waals surface area contributed by atoms with E-state index in [-0.39, 0.29) is 22.2 Å². The average molecular weight is 229 g/mol. The summed E-state index contributed by atoms with van der Waals surface area (Å²) >= 11 is 0.915. The molecule has 0 radical (unpaired) electrons. The first-order chi connectivity index (χ1) is 7.00. The minimum atomic E-state index is -0.588. The molecule has 0 aromatic heterocycles. The van der Waals surface area contributed by atoms with Crippen molar-refractivity contribution in [2.75, 3.05) is 0 Å². The van der Waals surface area contributed by atoms with Gasteiger partial charge in [0.25, 0.3) is 5.69 Å². The van der Waals surface area contributed by atoms with Gasteiger partial charge in [0, 0.05) is 17.4 Å². The monoisotopic (exact) mass is 229 g/mol. The number of nitro benzene ring substituents is 1. The van der Waals surface area contributed by atoms with Crippen molar-refractivity contribution in [3.8, 4) is 0 Å². The second-order valence-corrected chi connectivity index (χ2v) is 3.70. The molecule has 3 N–H and O–H groups in total. The number of thioether (sulfide) groups is 1. The van der Waals surface area contributed by atoms with Crippen LogP contribution < -0.4 is 5.73 Å². The van der Waals surface area contributed by atoms with Crippen LogP contribution in [0, 0.1) is 21.3 Å². The summed E-state index contributed by atoms with van der Waals surface area (Å²) in [5.41, 5.74) is 5.15. The molecule has 0 aliphatic rings. The van der Waals surface area contributed by atoms with Crippen LogP contribution in [0.2, 0.25) is 0 Å². The highest BCUT2D eigenvalue weighted by Crippen LogP contribution is 2.23. The Bertz CT molecular complexity index is 411. The van der Waals surface area contributed by atoms with Crippen LogP contribution in [0.15, 0.2) is 18.2 Å². The van der Waals surface area contributed by atoms with Crippen LogP contribution in [0.1, 0.15) is 5.56 Å². The summed E-state index contributed by atoms with van der Waals surface area (Å²) in [6, 6.07) is 3.21. The average Bonchev–Trinajstić information content (AvgIpc) is 2.14. The molecule has 0 heterocycles. The fourth-order valence-electron chi connectivity index (χ4n) is 1.00. The molecular weight excluding hydrogens is 221 g/mol. The Morgan fingerprint density at radius 3 is 2.87 bits per heavy atom. The topological polar surface area (TPSA) is 93.0 Å². The summed E-state index contributed by atoms with van der Waals surface area (Å²) in [6.07, 6.45) is 0. The van der Waals surface area contributed by atoms with Gasteiger partial charge in [0.2, 0.25) is 0 Å². The van der Waals surface area contributed by atoms with Gasteiger partial charge in [-0.05, 0) is 12.1 Å². The number of rotatable bonds is 3. The molecule has 1 aromatic carbocycles. The number of nitrogens with one attached hydrogen (secondary N) is 1. The van der Waals surface area contributed by atoms with Crippen LogP contribution in [-0.2, 0) is 5.75 Å². The second kappa shape index (κ2) is 4.74. The molecule has 1 rings (SSSR count). The first kappa shape index (κ1) is 11.4. The lowest BCUT2D eigenvalue weighted by Crippen LogP contribution is -2.04. The van der Waals surface area contributed by atoms with Crippen LogP contribution in [-0.4, -0.2) is 10.1 Å². The van der Waals surface area contributed by atoms with E-state index in [0.29, 0.717) is 0 Å². The maximum absolute atomic E-state index is 12.8. The number of hydrogen-bond acceptors (Lipinski definition) is 4. The van der Waals surface area contributed by atoms with Gasteiger partial charge in [-0.15, -0.1) is 0 Å². The van der Waals surface area contributed by atoms with Crippen molar-refractivity contribution in [2.24, 2.45) is 5.73 Å². The number of nitrogens with two attached hydrogens (primary N) is 1. The first-order valence-corrected chi connectivity index (χ1v) is 4.89. The summed E-state index contributed by atoms with van der Waals surface area (Å²) in [5.74, 6) is -0.427. The van der Waals surface area contributed by atoms with Crippen LogP contribution in [0.3, 0.4) is 0 Å². The van der Waals surface area contributed by atoms with Crippen LogP contribution in [0.4, 0.5) is 10.1 Å². The highest BCUT2D eigenvalue weighted by molar-refractivity contribution is 8.13. The van der Waals surface area contributed by atoms with Gasteiger partial charge in [-0.1, -0.05) is 11.8 Å². The SMILES string of the molecule is N=C(N)SCc1cc(F)ccc1[N+](=O)[O-]. The van der Waals surface area contributed by atoms with Gasteiger partial charge in [-0.2, -0.15) is 0 Å². The van der Waals surface area contributed by atoms with E-state index in [1.807, 2.05) is 0 Å². The molecule has 15 heavy (non-hydrogen) atoms. The maximum Gasteiger partial charge on any atom is 0.273 e. The Kier molecular flexibility index (Phi) is 3.62. The molecule has 1 aromatic rings. The number of hydrogen-bond donors (Lipinski definition) is 2. The highest BCUT2D eigenvalue weighted by Gasteiger charge is 2.14. The molecule has 80 valence electrons. The van der Waals surface area contributed by atoms with E-state index in [2.05, 4.69) is 0 Å². The van der Waals surface area contributed by atoms with Gasteiger partial charge in [-0.3, -0.25) is 15.5 Å². The Morgan fingerprint density at radius 1 is 1.67 bits per heavy atom. The molecule has 0 fully saturated rings. The largest absolute Gasteiger partial charge is 0.379 e. The lowest BCUT2D eigenvalue weighted by atomic mass is 10.2. The summed E-state index contributed by atoms with van der Waals surface area (Å²) in [4.78, 5) is 9.98. The van der Waals surface area contributed by atoms with Crippen molar-refractivity contribution in [3.05, 3.63) is 39.7 Å². The Labute approximate surface area is 89.1 Å². The maximum atomic E-state index is 12.8. The summed E-state index contributed by atoms with van der Waals surface area (Å²) in [6.45, 7) is 0. The van der Waals surface area contributed by atoms with Gasteiger partial charge in [0.15, 0.2) is 5.17 Å². The molecule has 0 spiro atoms. The lowest BCUT2D eigenvalue weighted by molar-refractivity contribution is -0.385. The third-order valence-corrected chi connectivity index (χ3v) is 2.39. The predicted molar refractivity (Wildman–Crippen MR) is 56.3 cm³/mol. The molecule has 0 unspecified atom stereocenters. The standard InChI is InChI=1S/C8H8FN3O2S/c9-6-1-2-7(12(13)14)5(3-6)4-15-8(10)11/h1-3H,4H2,(H3,10,11). The third kappa shape index (κ3) is 3.21. The van der Waals surface area contributed by atoms with Gasteiger partial charge in [-0.25, -0.2) is 4.39 Å². The van der Waals surface area contributed by atoms with Gasteiger partial charge >= 0.3 is 0 Å². The van der Waals surface area contributed by atoms with E-state index >= 15 is 0 Å². The van der Waals surface area contributed by atoms with Crippen LogP contribution in [0.5, 0.6) is 0 Å². The van der Waals surface area contributed by atoms with Gasteiger partial charge in [0.05, 0.1) is 4.92 Å². The number of nitrogens with zero attached hydrogens (tertiary/aromatic N) is 1. The molecule has 0 saturated heterocycles. The molecule has 0 aliphatic carbocycles. The van der Waals surface area contributed by atoms with Gasteiger partial charge in [0.1, 0.15) is 5.82 Å². The Hall–Kier alpha value is -1.63. The predicted octanol–water partition coefficient (Wildman–Crippen LogP) is 1.86. The normalized spacial score (nSPS) is 9.93. The quantitative estimate of drug-likeness (QED) is 0.358. The minimum Gasteiger partial charge on any atom is -0.379 e. The van der Waals surface area contributed by atoms with Crippen LogP contribution >= 0.6 is 11.8 Å². The van der Waals surface area contributed by atoms with Crippen molar-refractivity contribution in [2.45, 2.75) is 5.75 Å².